The first-order valence-corrected chi connectivity index (χ1v) is 12.8. The van der Waals surface area contributed by atoms with Crippen LogP contribution in [0.2, 0.25) is 0 Å². The highest BCUT2D eigenvalue weighted by Gasteiger charge is 2.40. The number of anilines is 2. The number of carbonyl (C=O) groups is 1. The van der Waals surface area contributed by atoms with E-state index in [1.807, 2.05) is 42.5 Å². The van der Waals surface area contributed by atoms with Crippen LogP contribution in [0.4, 0.5) is 11.4 Å². The maximum absolute atomic E-state index is 12.9. The minimum absolute atomic E-state index is 0.0531. The fraction of sp³-hybridized carbons (Fsp3) is 0.259. The molecule has 1 aliphatic carbocycles. The second-order valence-corrected chi connectivity index (χ2v) is 10.8. The lowest BCUT2D eigenvalue weighted by Crippen LogP contribution is -2.36. The molecule has 3 aromatic carbocycles. The number of Topliss-reactive ketones (excluding diaryl/α,β-unsaturated/α-hetero) is 1. The van der Waals surface area contributed by atoms with E-state index in [1.165, 1.54) is 8.61 Å². The van der Waals surface area contributed by atoms with Gasteiger partial charge in [-0.25, -0.2) is 0 Å². The quantitative estimate of drug-likeness (QED) is 0.457. The van der Waals surface area contributed by atoms with E-state index in [0.29, 0.717) is 42.1 Å². The number of ketones is 1. The number of hydrogen-bond acceptors (Lipinski definition) is 4. The molecule has 1 heterocycles. The Morgan fingerprint density at radius 2 is 1.76 bits per heavy atom. The Morgan fingerprint density at radius 3 is 2.53 bits per heavy atom. The van der Waals surface area contributed by atoms with Crippen LogP contribution in [0, 0.1) is 17.2 Å². The zero-order chi connectivity index (χ0) is 23.9. The fourth-order valence-electron chi connectivity index (χ4n) is 4.41. The van der Waals surface area contributed by atoms with E-state index in [-0.39, 0.29) is 5.78 Å². The summed E-state index contributed by atoms with van der Waals surface area (Å²) in [6.45, 7) is 0.539. The number of nitrogens with zero attached hydrogens (tertiary/aromatic N) is 3. The molecule has 6 nitrogen and oxygen atoms in total. The molecule has 0 N–H and O–H groups in total. The number of fused-ring (bicyclic) bond motifs is 1. The molecule has 0 saturated heterocycles. The summed E-state index contributed by atoms with van der Waals surface area (Å²) < 4.78 is 28.7. The van der Waals surface area contributed by atoms with E-state index in [4.69, 9.17) is 0 Å². The highest BCUT2D eigenvalue weighted by atomic mass is 32.2. The predicted octanol–water partition coefficient (Wildman–Crippen LogP) is 4.95. The molecule has 34 heavy (non-hydrogen) atoms. The molecule has 0 radical (unpaired) electrons. The number of carbonyl (C=O) groups excluding carboxylic acids is 1. The van der Waals surface area contributed by atoms with E-state index in [1.54, 1.807) is 31.3 Å². The van der Waals surface area contributed by atoms with Crippen molar-refractivity contribution in [2.24, 2.45) is 5.92 Å². The Balaban J connectivity index is 1.36. The molecular formula is C27H25N3O3S. The van der Waals surface area contributed by atoms with Gasteiger partial charge in [0.25, 0.3) is 0 Å². The van der Waals surface area contributed by atoms with Gasteiger partial charge in [0, 0.05) is 25.6 Å². The van der Waals surface area contributed by atoms with E-state index in [9.17, 15) is 18.5 Å². The molecule has 172 valence electrons. The first kappa shape index (κ1) is 22.2. The van der Waals surface area contributed by atoms with Crippen LogP contribution >= 0.6 is 0 Å². The summed E-state index contributed by atoms with van der Waals surface area (Å²) in [6.07, 6.45) is 3.03. The number of rotatable bonds is 7. The third kappa shape index (κ3) is 4.06. The van der Waals surface area contributed by atoms with E-state index < -0.39 is 10.2 Å². The molecule has 0 spiro atoms. The second kappa shape index (κ2) is 8.62. The van der Waals surface area contributed by atoms with Crippen molar-refractivity contribution >= 4 is 27.4 Å². The standard InChI is InChI=1S/C27H25N3O3S/c1-29-26-16-22(12-13-25(26)30(34(29,32)33)18-20-9-10-20)21-7-4-5-19(15-21)11-14-27(31)24-8-3-2-6-23(24)17-28/h2-8,12-13,15-16,20H,9-11,14,18H2,1H3. The Kier molecular flexibility index (Phi) is 5.62. The molecule has 7 heteroatoms. The van der Waals surface area contributed by atoms with Crippen LogP contribution < -0.4 is 8.61 Å². The van der Waals surface area contributed by atoms with Gasteiger partial charge in [0.1, 0.15) is 0 Å². The maximum atomic E-state index is 12.9. The van der Waals surface area contributed by atoms with Gasteiger partial charge in [0.05, 0.1) is 23.0 Å². The highest BCUT2D eigenvalue weighted by Crippen LogP contribution is 2.44. The largest absolute Gasteiger partial charge is 0.326 e. The van der Waals surface area contributed by atoms with Crippen LogP contribution in [0.3, 0.4) is 0 Å². The van der Waals surface area contributed by atoms with Gasteiger partial charge in [0.2, 0.25) is 0 Å². The van der Waals surface area contributed by atoms with Gasteiger partial charge >= 0.3 is 10.2 Å². The second-order valence-electron chi connectivity index (χ2n) is 8.93. The normalized spacial score (nSPS) is 16.2. The Morgan fingerprint density at radius 1 is 1.00 bits per heavy atom. The van der Waals surface area contributed by atoms with Gasteiger partial charge in [-0.15, -0.1) is 0 Å². The fourth-order valence-corrected chi connectivity index (χ4v) is 5.91. The highest BCUT2D eigenvalue weighted by molar-refractivity contribution is 7.94. The molecule has 0 atom stereocenters. The third-order valence-corrected chi connectivity index (χ3v) is 8.37. The van der Waals surface area contributed by atoms with Crippen LogP contribution in [0.25, 0.3) is 11.1 Å². The minimum atomic E-state index is -3.53. The molecule has 1 aliphatic heterocycles. The molecule has 0 aromatic heterocycles. The van der Waals surface area contributed by atoms with Gasteiger partial charge in [-0.05, 0) is 60.1 Å². The number of benzene rings is 3. The maximum Gasteiger partial charge on any atom is 0.326 e. The topological polar surface area (TPSA) is 81.5 Å². The van der Waals surface area contributed by atoms with Crippen LogP contribution in [-0.4, -0.2) is 27.8 Å². The van der Waals surface area contributed by atoms with Crippen LogP contribution in [0.1, 0.15) is 40.7 Å². The Hall–Kier alpha value is -3.63. The summed E-state index contributed by atoms with van der Waals surface area (Å²) in [6, 6.07) is 22.7. The average molecular weight is 472 g/mol. The van der Waals surface area contributed by atoms with Gasteiger partial charge in [0.15, 0.2) is 5.78 Å². The summed E-state index contributed by atoms with van der Waals surface area (Å²) in [5, 5.41) is 9.25. The van der Waals surface area contributed by atoms with Crippen molar-refractivity contribution in [3.05, 3.63) is 83.4 Å². The SMILES string of the molecule is CN1c2cc(-c3cccc(CCC(=O)c4ccccc4C#N)c3)ccc2N(CC2CC2)S1(=O)=O. The molecule has 0 bridgehead atoms. The van der Waals surface area contributed by atoms with Crippen LogP contribution in [0.5, 0.6) is 0 Å². The monoisotopic (exact) mass is 471 g/mol. The van der Waals surface area contributed by atoms with Gasteiger partial charge < -0.3 is 0 Å². The molecule has 2 aliphatic rings. The molecule has 5 rings (SSSR count). The average Bonchev–Trinajstić information content (AvgIpc) is 3.66. The summed E-state index contributed by atoms with van der Waals surface area (Å²) in [4.78, 5) is 12.7. The lowest BCUT2D eigenvalue weighted by Gasteiger charge is -2.18. The Bertz CT molecular complexity index is 1420. The van der Waals surface area contributed by atoms with E-state index in [2.05, 4.69) is 6.07 Å². The zero-order valence-electron chi connectivity index (χ0n) is 18.9. The number of nitriles is 1. The molecule has 0 unspecified atom stereocenters. The summed E-state index contributed by atoms with van der Waals surface area (Å²) >= 11 is 0. The molecule has 3 aromatic rings. The van der Waals surface area contributed by atoms with Crippen molar-refractivity contribution in [1.29, 1.82) is 5.26 Å². The van der Waals surface area contributed by atoms with Gasteiger partial charge in [-0.1, -0.05) is 48.5 Å². The molecule has 1 saturated carbocycles. The minimum Gasteiger partial charge on any atom is -0.294 e. The lowest BCUT2D eigenvalue weighted by atomic mass is 9.97. The Labute approximate surface area is 200 Å². The summed E-state index contributed by atoms with van der Waals surface area (Å²) in [5.41, 5.74) is 5.18. The third-order valence-electron chi connectivity index (χ3n) is 6.58. The first-order chi connectivity index (χ1) is 16.4. The number of aryl methyl sites for hydroxylation is 1. The summed E-state index contributed by atoms with van der Waals surface area (Å²) in [5.74, 6) is 0.399. The molecule has 0 amide bonds. The van der Waals surface area contributed by atoms with Crippen molar-refractivity contribution in [1.82, 2.24) is 0 Å². The van der Waals surface area contributed by atoms with Crippen molar-refractivity contribution in [3.63, 3.8) is 0 Å². The molecule has 1 fully saturated rings. The van der Waals surface area contributed by atoms with Crippen LogP contribution in [-0.2, 0) is 16.6 Å². The zero-order valence-corrected chi connectivity index (χ0v) is 19.8. The smallest absolute Gasteiger partial charge is 0.294 e. The van der Waals surface area contributed by atoms with Crippen molar-refractivity contribution in [2.75, 3.05) is 22.2 Å². The first-order valence-electron chi connectivity index (χ1n) is 11.4. The summed E-state index contributed by atoms with van der Waals surface area (Å²) in [7, 11) is -1.93. The van der Waals surface area contributed by atoms with Gasteiger partial charge in [-0.3, -0.25) is 13.4 Å². The lowest BCUT2D eigenvalue weighted by molar-refractivity contribution is 0.0982. The van der Waals surface area contributed by atoms with Crippen LogP contribution in [0.15, 0.2) is 66.7 Å². The van der Waals surface area contributed by atoms with Crippen molar-refractivity contribution in [3.8, 4) is 17.2 Å². The molecular weight excluding hydrogens is 446 g/mol. The van der Waals surface area contributed by atoms with Crippen molar-refractivity contribution in [2.45, 2.75) is 25.7 Å². The van der Waals surface area contributed by atoms with E-state index in [0.717, 1.165) is 35.2 Å². The van der Waals surface area contributed by atoms with E-state index >= 15 is 0 Å². The predicted molar refractivity (Wildman–Crippen MR) is 133 cm³/mol. The van der Waals surface area contributed by atoms with Crippen molar-refractivity contribution < 1.29 is 13.2 Å². The van der Waals surface area contributed by atoms with Gasteiger partial charge in [-0.2, -0.15) is 13.7 Å². The number of hydrogen-bond donors (Lipinski definition) is 0.